The van der Waals surface area contributed by atoms with Crippen LogP contribution in [0.3, 0.4) is 0 Å². The summed E-state index contributed by atoms with van der Waals surface area (Å²) in [5.74, 6) is -1.79. The number of halogens is 1. The number of aryl methyl sites for hydroxylation is 1. The smallest absolute Gasteiger partial charge is 0.337 e. The third kappa shape index (κ3) is 2.85. The molecular weight excluding hydrogens is 261 g/mol. The zero-order valence-electron chi connectivity index (χ0n) is 10.9. The Morgan fingerprint density at radius 2 is 2.25 bits per heavy atom. The zero-order chi connectivity index (χ0) is 14.7. The normalized spacial score (nSPS) is 10.3. The Kier molecular flexibility index (Phi) is 3.84. The number of pyridine rings is 1. The third-order valence-electron chi connectivity index (χ3n) is 2.93. The molecule has 0 bridgehead atoms. The second-order valence-electron chi connectivity index (χ2n) is 4.35. The number of carboxylic acid groups (broad SMARTS) is 1. The lowest BCUT2D eigenvalue weighted by atomic mass is 10.1. The molecular formula is C14H14FN3O2. The molecule has 0 spiro atoms. The number of nitrogens with two attached hydrogens (primary N) is 1. The molecule has 0 aliphatic heterocycles. The molecule has 104 valence electrons. The quantitative estimate of drug-likeness (QED) is 0.746. The predicted octanol–water partition coefficient (Wildman–Crippen LogP) is 2.42. The van der Waals surface area contributed by atoms with E-state index in [9.17, 15) is 9.18 Å². The van der Waals surface area contributed by atoms with Crippen molar-refractivity contribution in [3.63, 3.8) is 0 Å². The second kappa shape index (κ2) is 5.56. The molecule has 0 amide bonds. The highest BCUT2D eigenvalue weighted by Gasteiger charge is 2.13. The van der Waals surface area contributed by atoms with Crippen molar-refractivity contribution in [1.82, 2.24) is 4.98 Å². The van der Waals surface area contributed by atoms with Crippen LogP contribution in [0.5, 0.6) is 0 Å². The standard InChI is InChI=1S/C14H14FN3O2/c1-8-3-2-4-17-13(8)7-18-12-5-9(14(19)20)11(16)6-10(12)15/h2-6,18H,7,16H2,1H3,(H,19,20). The van der Waals surface area contributed by atoms with E-state index in [0.29, 0.717) is 6.54 Å². The maximum absolute atomic E-state index is 13.7. The van der Waals surface area contributed by atoms with Gasteiger partial charge < -0.3 is 16.2 Å². The number of carbonyl (C=O) groups is 1. The van der Waals surface area contributed by atoms with E-state index in [1.807, 2.05) is 19.1 Å². The van der Waals surface area contributed by atoms with Crippen molar-refractivity contribution in [1.29, 1.82) is 0 Å². The van der Waals surface area contributed by atoms with Gasteiger partial charge in [-0.2, -0.15) is 0 Å². The third-order valence-corrected chi connectivity index (χ3v) is 2.93. The summed E-state index contributed by atoms with van der Waals surface area (Å²) in [5, 5.41) is 11.8. The average molecular weight is 275 g/mol. The largest absolute Gasteiger partial charge is 0.478 e. The topological polar surface area (TPSA) is 88.2 Å². The molecule has 4 N–H and O–H groups in total. The summed E-state index contributed by atoms with van der Waals surface area (Å²) in [5.41, 5.74) is 7.04. The Bertz CT molecular complexity index is 659. The Labute approximate surface area is 115 Å². The molecule has 0 aliphatic carbocycles. The zero-order valence-corrected chi connectivity index (χ0v) is 10.9. The van der Waals surface area contributed by atoms with Gasteiger partial charge in [-0.3, -0.25) is 4.98 Å². The van der Waals surface area contributed by atoms with Crippen molar-refractivity contribution in [2.45, 2.75) is 13.5 Å². The Balaban J connectivity index is 2.24. The minimum Gasteiger partial charge on any atom is -0.478 e. The molecule has 6 heteroatoms. The summed E-state index contributed by atoms with van der Waals surface area (Å²) in [4.78, 5) is 15.1. The molecule has 0 saturated heterocycles. The number of nitrogen functional groups attached to an aromatic ring is 1. The van der Waals surface area contributed by atoms with Gasteiger partial charge in [0, 0.05) is 11.9 Å². The molecule has 0 saturated carbocycles. The van der Waals surface area contributed by atoms with E-state index in [1.165, 1.54) is 6.07 Å². The summed E-state index contributed by atoms with van der Waals surface area (Å²) in [7, 11) is 0. The van der Waals surface area contributed by atoms with Gasteiger partial charge in [-0.15, -0.1) is 0 Å². The van der Waals surface area contributed by atoms with Crippen molar-refractivity contribution >= 4 is 17.3 Å². The molecule has 2 rings (SSSR count). The van der Waals surface area contributed by atoms with Crippen molar-refractivity contribution in [3.8, 4) is 0 Å². The van der Waals surface area contributed by atoms with Gasteiger partial charge in [0.15, 0.2) is 0 Å². The fraction of sp³-hybridized carbons (Fsp3) is 0.143. The number of nitrogens with zero attached hydrogens (tertiary/aromatic N) is 1. The molecule has 0 unspecified atom stereocenters. The number of aromatic carboxylic acids is 1. The SMILES string of the molecule is Cc1cccnc1CNc1cc(C(=O)O)c(N)cc1F. The maximum Gasteiger partial charge on any atom is 0.337 e. The van der Waals surface area contributed by atoms with Crippen LogP contribution in [0.2, 0.25) is 0 Å². The van der Waals surface area contributed by atoms with Crippen LogP contribution in [0.4, 0.5) is 15.8 Å². The van der Waals surface area contributed by atoms with E-state index in [4.69, 9.17) is 10.8 Å². The molecule has 0 radical (unpaired) electrons. The number of carboxylic acids is 1. The van der Waals surface area contributed by atoms with E-state index in [1.54, 1.807) is 6.20 Å². The van der Waals surface area contributed by atoms with Gasteiger partial charge in [0.1, 0.15) is 5.82 Å². The van der Waals surface area contributed by atoms with Gasteiger partial charge in [0.25, 0.3) is 0 Å². The summed E-state index contributed by atoms with van der Waals surface area (Å²) in [6.45, 7) is 2.19. The van der Waals surface area contributed by atoms with Gasteiger partial charge in [0.05, 0.1) is 23.5 Å². The summed E-state index contributed by atoms with van der Waals surface area (Å²) < 4.78 is 13.7. The lowest BCUT2D eigenvalue weighted by Gasteiger charge is -2.11. The molecule has 1 aromatic heterocycles. The van der Waals surface area contributed by atoms with Crippen LogP contribution in [0.15, 0.2) is 30.5 Å². The predicted molar refractivity (Wildman–Crippen MR) is 74.1 cm³/mol. The maximum atomic E-state index is 13.7. The van der Waals surface area contributed by atoms with Gasteiger partial charge in [-0.1, -0.05) is 6.07 Å². The van der Waals surface area contributed by atoms with Crippen LogP contribution in [0.25, 0.3) is 0 Å². The molecule has 1 aromatic carbocycles. The van der Waals surface area contributed by atoms with E-state index in [0.717, 1.165) is 17.3 Å². The first-order valence-electron chi connectivity index (χ1n) is 5.95. The van der Waals surface area contributed by atoms with E-state index < -0.39 is 11.8 Å². The lowest BCUT2D eigenvalue weighted by Crippen LogP contribution is -2.08. The van der Waals surface area contributed by atoms with E-state index in [-0.39, 0.29) is 16.9 Å². The summed E-state index contributed by atoms with van der Waals surface area (Å²) >= 11 is 0. The number of hydrogen-bond donors (Lipinski definition) is 3. The Morgan fingerprint density at radius 3 is 2.90 bits per heavy atom. The van der Waals surface area contributed by atoms with Crippen LogP contribution < -0.4 is 11.1 Å². The number of benzene rings is 1. The molecule has 5 nitrogen and oxygen atoms in total. The first-order valence-corrected chi connectivity index (χ1v) is 5.95. The highest BCUT2D eigenvalue weighted by atomic mass is 19.1. The summed E-state index contributed by atoms with van der Waals surface area (Å²) in [6.07, 6.45) is 1.64. The number of rotatable bonds is 4. The van der Waals surface area contributed by atoms with Gasteiger partial charge in [-0.25, -0.2) is 9.18 Å². The highest BCUT2D eigenvalue weighted by Crippen LogP contribution is 2.23. The number of nitrogens with one attached hydrogen (secondary N) is 1. The summed E-state index contributed by atoms with van der Waals surface area (Å²) in [6, 6.07) is 5.89. The van der Waals surface area contributed by atoms with Crippen molar-refractivity contribution in [3.05, 3.63) is 53.1 Å². The molecule has 0 fully saturated rings. The number of hydrogen-bond acceptors (Lipinski definition) is 4. The minimum atomic E-state index is -1.19. The van der Waals surface area contributed by atoms with Crippen molar-refractivity contribution in [2.24, 2.45) is 0 Å². The Hall–Kier alpha value is -2.63. The molecule has 1 heterocycles. The first-order chi connectivity index (χ1) is 9.49. The molecule has 2 aromatic rings. The monoisotopic (exact) mass is 275 g/mol. The number of aromatic nitrogens is 1. The van der Waals surface area contributed by atoms with Crippen molar-refractivity contribution < 1.29 is 14.3 Å². The van der Waals surface area contributed by atoms with Crippen LogP contribution in [-0.2, 0) is 6.54 Å². The highest BCUT2D eigenvalue weighted by molar-refractivity contribution is 5.94. The van der Waals surface area contributed by atoms with Crippen LogP contribution >= 0.6 is 0 Å². The van der Waals surface area contributed by atoms with Gasteiger partial charge >= 0.3 is 5.97 Å². The first kappa shape index (κ1) is 13.8. The van der Waals surface area contributed by atoms with E-state index >= 15 is 0 Å². The van der Waals surface area contributed by atoms with E-state index in [2.05, 4.69) is 10.3 Å². The fourth-order valence-corrected chi connectivity index (χ4v) is 1.79. The van der Waals surface area contributed by atoms with Crippen molar-refractivity contribution in [2.75, 3.05) is 11.1 Å². The molecule has 20 heavy (non-hydrogen) atoms. The lowest BCUT2D eigenvalue weighted by molar-refractivity contribution is 0.0698. The number of anilines is 2. The Morgan fingerprint density at radius 1 is 1.50 bits per heavy atom. The van der Waals surface area contributed by atoms with Crippen LogP contribution in [0.1, 0.15) is 21.6 Å². The fourth-order valence-electron chi connectivity index (χ4n) is 1.79. The van der Waals surface area contributed by atoms with Crippen LogP contribution in [-0.4, -0.2) is 16.1 Å². The average Bonchev–Trinajstić information content (AvgIpc) is 2.39. The second-order valence-corrected chi connectivity index (χ2v) is 4.35. The minimum absolute atomic E-state index is 0.0849. The molecule has 0 aliphatic rings. The molecule has 0 atom stereocenters. The van der Waals surface area contributed by atoms with Crippen LogP contribution in [0, 0.1) is 12.7 Å². The van der Waals surface area contributed by atoms with Gasteiger partial charge in [0.2, 0.25) is 0 Å². The van der Waals surface area contributed by atoms with Gasteiger partial charge in [-0.05, 0) is 30.7 Å².